The summed E-state index contributed by atoms with van der Waals surface area (Å²) in [6.45, 7) is 2.18. The third-order valence-electron chi connectivity index (χ3n) is 7.88. The second-order valence-electron chi connectivity index (χ2n) is 10.7. The summed E-state index contributed by atoms with van der Waals surface area (Å²) < 4.78 is 56.2. The Morgan fingerprint density at radius 1 is 1.07 bits per heavy atom. The summed E-state index contributed by atoms with van der Waals surface area (Å²) >= 11 is 0. The fourth-order valence-corrected chi connectivity index (χ4v) is 5.88. The first-order valence-electron chi connectivity index (χ1n) is 13.9. The molecule has 2 aliphatic heterocycles. The number of amides is 1. The Bertz CT molecular complexity index is 1580. The first-order valence-corrected chi connectivity index (χ1v) is 13.9. The first-order chi connectivity index (χ1) is 20.7. The molecule has 2 aliphatic rings. The highest BCUT2D eigenvalue weighted by molar-refractivity contribution is 6.05. The SMILES string of the molecule is CN(C)[C@@H]1CCN2CCN(c3c(NC(=O)c4coc(-c5ccnnc5)n4)ccc(Oc4ccccc4)c3C(F)(F)F)C[C@@H]12. The van der Waals surface area contributed by atoms with Gasteiger partial charge in [-0.05, 0) is 50.8 Å². The number of nitrogens with zero attached hydrogens (tertiary/aromatic N) is 6. The number of benzene rings is 2. The number of piperazine rings is 1. The number of aromatic nitrogens is 3. The number of alkyl halides is 3. The van der Waals surface area contributed by atoms with Gasteiger partial charge in [-0.15, -0.1) is 0 Å². The van der Waals surface area contributed by atoms with Crippen LogP contribution in [0.1, 0.15) is 22.5 Å². The zero-order chi connectivity index (χ0) is 30.1. The van der Waals surface area contributed by atoms with E-state index in [4.69, 9.17) is 9.15 Å². The molecule has 2 saturated heterocycles. The van der Waals surface area contributed by atoms with E-state index in [2.05, 4.69) is 30.3 Å². The Kier molecular flexibility index (Phi) is 7.75. The van der Waals surface area contributed by atoms with E-state index >= 15 is 0 Å². The molecular formula is C30H30F3N7O3. The summed E-state index contributed by atoms with van der Waals surface area (Å²) in [6.07, 6.45) is 0.176. The molecule has 0 unspecified atom stereocenters. The number of hydrogen-bond donors (Lipinski definition) is 1. The maximum absolute atomic E-state index is 15.0. The average molecular weight is 594 g/mol. The van der Waals surface area contributed by atoms with E-state index in [1.54, 1.807) is 41.3 Å². The van der Waals surface area contributed by atoms with Crippen LogP contribution in [0, 0.1) is 0 Å². The van der Waals surface area contributed by atoms with Crippen molar-refractivity contribution in [2.45, 2.75) is 24.7 Å². The van der Waals surface area contributed by atoms with Gasteiger partial charge in [0.1, 0.15) is 23.3 Å². The van der Waals surface area contributed by atoms with E-state index in [0.717, 1.165) is 19.2 Å². The lowest BCUT2D eigenvalue weighted by molar-refractivity contribution is -0.138. The molecule has 0 radical (unpaired) electrons. The molecule has 0 bridgehead atoms. The zero-order valence-corrected chi connectivity index (χ0v) is 23.6. The number of hydrogen-bond acceptors (Lipinski definition) is 9. The molecule has 1 N–H and O–H groups in total. The Labute approximate surface area is 246 Å². The summed E-state index contributed by atoms with van der Waals surface area (Å²) in [5.41, 5.74) is -0.683. The molecule has 2 aromatic heterocycles. The third-order valence-corrected chi connectivity index (χ3v) is 7.88. The van der Waals surface area contributed by atoms with Crippen molar-refractivity contribution >= 4 is 17.3 Å². The quantitative estimate of drug-likeness (QED) is 0.317. The minimum Gasteiger partial charge on any atom is -0.457 e. The highest BCUT2D eigenvalue weighted by Gasteiger charge is 2.44. The highest BCUT2D eigenvalue weighted by Crippen LogP contribution is 2.48. The largest absolute Gasteiger partial charge is 0.457 e. The van der Waals surface area contributed by atoms with Crippen LogP contribution >= 0.6 is 0 Å². The van der Waals surface area contributed by atoms with E-state index in [9.17, 15) is 18.0 Å². The van der Waals surface area contributed by atoms with Crippen LogP contribution < -0.4 is 15.0 Å². The molecule has 4 aromatic rings. The second-order valence-corrected chi connectivity index (χ2v) is 10.7. The lowest BCUT2D eigenvalue weighted by atomic mass is 10.0. The number of para-hydroxylation sites is 1. The van der Waals surface area contributed by atoms with Gasteiger partial charge >= 0.3 is 6.18 Å². The molecule has 2 aromatic carbocycles. The number of anilines is 2. The standard InChI is InChI=1S/C30H30F3N7O3/c1-38(2)23-11-13-39-14-15-40(17-24(23)39)27-21(36-28(41)22-18-42-29(37-22)19-10-12-34-35-16-19)8-9-25(26(27)30(31,32)33)43-20-6-4-3-5-7-20/h3-10,12,16,18,23-24H,11,13-15,17H2,1-2H3,(H,36,41)/t23-,24+/m1/s1. The highest BCUT2D eigenvalue weighted by atomic mass is 19.4. The summed E-state index contributed by atoms with van der Waals surface area (Å²) in [4.78, 5) is 23.7. The molecule has 0 saturated carbocycles. The molecule has 4 heterocycles. The van der Waals surface area contributed by atoms with Gasteiger partial charge in [0.15, 0.2) is 5.69 Å². The van der Waals surface area contributed by atoms with Gasteiger partial charge in [0.2, 0.25) is 5.89 Å². The average Bonchev–Trinajstić information content (AvgIpc) is 3.66. The van der Waals surface area contributed by atoms with Crippen LogP contribution in [0.4, 0.5) is 24.5 Å². The van der Waals surface area contributed by atoms with Gasteiger partial charge in [0.05, 0.1) is 29.3 Å². The van der Waals surface area contributed by atoms with E-state index < -0.39 is 17.6 Å². The van der Waals surface area contributed by atoms with Crippen LogP contribution in [-0.2, 0) is 6.18 Å². The first kappa shape index (κ1) is 28.6. The molecule has 224 valence electrons. The van der Waals surface area contributed by atoms with Crippen LogP contribution in [0.15, 0.2) is 71.6 Å². The molecule has 0 spiro atoms. The summed E-state index contributed by atoms with van der Waals surface area (Å²) in [7, 11) is 3.98. The van der Waals surface area contributed by atoms with Crippen molar-refractivity contribution in [1.29, 1.82) is 0 Å². The maximum Gasteiger partial charge on any atom is 0.422 e. The smallest absolute Gasteiger partial charge is 0.422 e. The monoisotopic (exact) mass is 593 g/mol. The molecule has 2 atom stereocenters. The minimum absolute atomic E-state index is 0.000662. The van der Waals surface area contributed by atoms with Gasteiger partial charge in [-0.3, -0.25) is 9.69 Å². The van der Waals surface area contributed by atoms with E-state index in [0.29, 0.717) is 25.2 Å². The van der Waals surface area contributed by atoms with Gasteiger partial charge in [0, 0.05) is 38.3 Å². The fraction of sp³-hybridized carbons (Fsp3) is 0.333. The Hall–Kier alpha value is -4.49. The van der Waals surface area contributed by atoms with Crippen molar-refractivity contribution in [2.75, 3.05) is 50.5 Å². The topological polar surface area (TPSA) is 99.9 Å². The van der Waals surface area contributed by atoms with E-state index in [1.165, 1.54) is 24.5 Å². The second kappa shape index (κ2) is 11.7. The van der Waals surface area contributed by atoms with Gasteiger partial charge in [-0.2, -0.15) is 23.4 Å². The predicted molar refractivity (Wildman–Crippen MR) is 153 cm³/mol. The number of nitrogens with one attached hydrogen (secondary N) is 1. The normalized spacial score (nSPS) is 19.0. The molecule has 43 heavy (non-hydrogen) atoms. The van der Waals surface area contributed by atoms with Crippen LogP contribution in [0.25, 0.3) is 11.5 Å². The number of carbonyl (C=O) groups excluding carboxylic acids is 1. The third kappa shape index (κ3) is 5.90. The van der Waals surface area contributed by atoms with Gasteiger partial charge < -0.3 is 24.3 Å². The zero-order valence-electron chi connectivity index (χ0n) is 23.6. The Morgan fingerprint density at radius 3 is 2.60 bits per heavy atom. The fourth-order valence-electron chi connectivity index (χ4n) is 5.88. The number of oxazole rings is 1. The van der Waals surface area contributed by atoms with Crippen molar-refractivity contribution in [1.82, 2.24) is 25.0 Å². The van der Waals surface area contributed by atoms with E-state index in [-0.39, 0.29) is 46.5 Å². The number of likely N-dealkylation sites (N-methyl/N-ethyl adjacent to an activating group) is 1. The van der Waals surface area contributed by atoms with Crippen molar-refractivity contribution in [2.24, 2.45) is 0 Å². The lowest BCUT2D eigenvalue weighted by Crippen LogP contribution is -2.56. The summed E-state index contributed by atoms with van der Waals surface area (Å²) in [5, 5.41) is 10.2. The van der Waals surface area contributed by atoms with Crippen LogP contribution in [0.2, 0.25) is 0 Å². The van der Waals surface area contributed by atoms with Crippen molar-refractivity contribution in [3.05, 3.63) is 78.4 Å². The Morgan fingerprint density at radius 2 is 1.88 bits per heavy atom. The molecule has 1 amide bonds. The number of rotatable bonds is 7. The van der Waals surface area contributed by atoms with Crippen molar-refractivity contribution in [3.8, 4) is 23.0 Å². The number of fused-ring (bicyclic) bond motifs is 1. The Balaban J connectivity index is 1.40. The molecule has 2 fully saturated rings. The predicted octanol–water partition coefficient (Wildman–Crippen LogP) is 5.02. The summed E-state index contributed by atoms with van der Waals surface area (Å²) in [5.74, 6) is -0.660. The van der Waals surface area contributed by atoms with Crippen molar-refractivity contribution in [3.63, 3.8) is 0 Å². The molecular weight excluding hydrogens is 563 g/mol. The van der Waals surface area contributed by atoms with Crippen LogP contribution in [0.3, 0.4) is 0 Å². The minimum atomic E-state index is -4.79. The number of carbonyl (C=O) groups is 1. The number of halogens is 3. The van der Waals surface area contributed by atoms with Gasteiger partial charge in [0.25, 0.3) is 5.91 Å². The molecule has 13 heteroatoms. The lowest BCUT2D eigenvalue weighted by Gasteiger charge is -2.43. The van der Waals surface area contributed by atoms with E-state index in [1.807, 2.05) is 14.1 Å². The van der Waals surface area contributed by atoms with Crippen molar-refractivity contribution < 1.29 is 27.1 Å². The van der Waals surface area contributed by atoms with Crippen LogP contribution in [-0.4, -0.2) is 83.2 Å². The summed E-state index contributed by atoms with van der Waals surface area (Å²) in [6, 6.07) is 12.8. The molecule has 0 aliphatic carbocycles. The van der Waals surface area contributed by atoms with Gasteiger partial charge in [-0.1, -0.05) is 18.2 Å². The molecule has 6 rings (SSSR count). The van der Waals surface area contributed by atoms with Gasteiger partial charge in [-0.25, -0.2) is 4.98 Å². The molecule has 10 nitrogen and oxygen atoms in total. The van der Waals surface area contributed by atoms with Crippen LogP contribution in [0.5, 0.6) is 11.5 Å². The maximum atomic E-state index is 15.0. The number of ether oxygens (including phenoxy) is 1.